The number of nitrogens with zero attached hydrogens (tertiary/aromatic N) is 1. The van der Waals surface area contributed by atoms with E-state index in [0.29, 0.717) is 11.4 Å². The lowest BCUT2D eigenvalue weighted by Gasteiger charge is -2.18. The summed E-state index contributed by atoms with van der Waals surface area (Å²) in [6.07, 6.45) is 3.89. The number of allylic oxidation sites excluding steroid dienone is 2. The van der Waals surface area contributed by atoms with Gasteiger partial charge in [0.15, 0.2) is 11.5 Å². The SMILES string of the molecule is O=S([O-])[O-].O=[N+]([O-])C1=CC2[I+]c3cc(Cl)ccc3OC2=CC1. The van der Waals surface area contributed by atoms with Gasteiger partial charge in [0.2, 0.25) is 7.49 Å². The second kappa shape index (κ2) is 7.51. The molecule has 0 amide bonds. The maximum atomic E-state index is 10.8. The van der Waals surface area contributed by atoms with E-state index in [9.17, 15) is 10.1 Å². The molecule has 1 heterocycles. The Morgan fingerprint density at radius 1 is 1.41 bits per heavy atom. The maximum absolute atomic E-state index is 10.8. The number of nitro groups is 1. The maximum Gasteiger partial charge on any atom is 0.334 e. The highest BCUT2D eigenvalue weighted by Gasteiger charge is 2.41. The van der Waals surface area contributed by atoms with Gasteiger partial charge in [0, 0.05) is 17.2 Å². The van der Waals surface area contributed by atoms with Gasteiger partial charge in [0.1, 0.15) is 0 Å². The fourth-order valence-electron chi connectivity index (χ4n) is 1.85. The highest BCUT2D eigenvalue weighted by atomic mass is 127. The van der Waals surface area contributed by atoms with Crippen molar-refractivity contribution in [3.05, 3.63) is 60.5 Å². The summed E-state index contributed by atoms with van der Waals surface area (Å²) in [7, 11) is 0. The van der Waals surface area contributed by atoms with Crippen LogP contribution in [0.25, 0.3) is 0 Å². The topological polar surface area (TPSA) is 116 Å². The summed E-state index contributed by atoms with van der Waals surface area (Å²) in [5, 5.41) is 11.5. The Hall–Kier alpha value is -1.01. The summed E-state index contributed by atoms with van der Waals surface area (Å²) in [5.74, 6) is 1.69. The summed E-state index contributed by atoms with van der Waals surface area (Å²) in [5.41, 5.74) is 0.262. The lowest BCUT2D eigenvalue weighted by atomic mass is 10.1. The number of ether oxygens (including phenoxy) is 1. The molecular formula is C12H8ClINO6S-. The molecule has 1 aliphatic heterocycles. The van der Waals surface area contributed by atoms with Crippen molar-refractivity contribution in [3.63, 3.8) is 0 Å². The Labute approximate surface area is 143 Å². The number of hydrogen-bond donors (Lipinski definition) is 0. The summed E-state index contributed by atoms with van der Waals surface area (Å²) >= 11 is 2.45. The first-order valence-electron chi connectivity index (χ1n) is 5.79. The van der Waals surface area contributed by atoms with Gasteiger partial charge in [-0.15, -0.1) is 11.4 Å². The van der Waals surface area contributed by atoms with Crippen LogP contribution in [0.3, 0.4) is 0 Å². The van der Waals surface area contributed by atoms with Crippen molar-refractivity contribution in [1.29, 1.82) is 0 Å². The van der Waals surface area contributed by atoms with Crippen molar-refractivity contribution in [2.24, 2.45) is 0 Å². The molecule has 0 radical (unpaired) electrons. The van der Waals surface area contributed by atoms with E-state index >= 15 is 0 Å². The zero-order chi connectivity index (χ0) is 16.3. The summed E-state index contributed by atoms with van der Waals surface area (Å²) in [6.45, 7) is 0. The van der Waals surface area contributed by atoms with Crippen LogP contribution in [0.15, 0.2) is 41.8 Å². The van der Waals surface area contributed by atoms with Crippen LogP contribution in [0, 0.1) is 13.7 Å². The van der Waals surface area contributed by atoms with E-state index in [1.807, 2.05) is 18.2 Å². The lowest BCUT2D eigenvalue weighted by Crippen LogP contribution is -3.65. The molecule has 1 aliphatic carbocycles. The lowest BCUT2D eigenvalue weighted by molar-refractivity contribution is -0.654. The molecule has 1 aromatic carbocycles. The minimum Gasteiger partial charge on any atom is -0.784 e. The average molecular weight is 457 g/mol. The number of alkyl halides is 1. The number of rotatable bonds is 1. The molecule has 1 unspecified atom stereocenters. The molecule has 0 saturated carbocycles. The fraction of sp³-hybridized carbons (Fsp3) is 0.167. The molecule has 0 saturated heterocycles. The Morgan fingerprint density at radius 3 is 2.73 bits per heavy atom. The van der Waals surface area contributed by atoms with Crippen LogP contribution in [-0.2, 0) is 11.4 Å². The number of fused-ring (bicyclic) bond motifs is 2. The molecule has 0 N–H and O–H groups in total. The molecule has 118 valence electrons. The van der Waals surface area contributed by atoms with Gasteiger partial charge >= 0.3 is 21.2 Å². The van der Waals surface area contributed by atoms with Crippen molar-refractivity contribution >= 4 is 23.0 Å². The van der Waals surface area contributed by atoms with Crippen molar-refractivity contribution in [2.45, 2.75) is 10.3 Å². The molecule has 0 spiro atoms. The molecule has 0 bridgehead atoms. The highest BCUT2D eigenvalue weighted by molar-refractivity contribution is 7.72. The molecule has 3 rings (SSSR count). The van der Waals surface area contributed by atoms with Crippen LogP contribution in [0.5, 0.6) is 5.75 Å². The Kier molecular flexibility index (Phi) is 5.92. The van der Waals surface area contributed by atoms with E-state index in [1.54, 1.807) is 12.1 Å². The predicted octanol–water partition coefficient (Wildman–Crippen LogP) is -1.20. The number of halogens is 2. The second-order valence-corrected chi connectivity index (χ2v) is 8.09. The Bertz CT molecular complexity index is 688. The van der Waals surface area contributed by atoms with E-state index < -0.39 is 32.6 Å². The first kappa shape index (κ1) is 17.3. The van der Waals surface area contributed by atoms with Crippen LogP contribution in [0.4, 0.5) is 0 Å². The monoisotopic (exact) mass is 456 g/mol. The average Bonchev–Trinajstić information content (AvgIpc) is 2.43. The first-order valence-corrected chi connectivity index (χ1v) is 9.49. The number of hydrogen-bond acceptors (Lipinski definition) is 6. The van der Waals surface area contributed by atoms with Crippen LogP contribution in [0.2, 0.25) is 5.02 Å². The van der Waals surface area contributed by atoms with Gasteiger partial charge in [-0.1, -0.05) is 11.6 Å². The first-order chi connectivity index (χ1) is 10.4. The van der Waals surface area contributed by atoms with Crippen LogP contribution < -0.4 is 25.9 Å². The normalized spacial score (nSPS) is 18.8. The second-order valence-electron chi connectivity index (χ2n) is 4.12. The summed E-state index contributed by atoms with van der Waals surface area (Å²) < 4.78 is 32.3. The molecule has 1 aromatic rings. The Morgan fingerprint density at radius 2 is 2.09 bits per heavy atom. The van der Waals surface area contributed by atoms with Crippen LogP contribution in [-0.4, -0.2) is 22.2 Å². The Balaban J connectivity index is 0.000000396. The van der Waals surface area contributed by atoms with E-state index in [2.05, 4.69) is 0 Å². The smallest absolute Gasteiger partial charge is 0.334 e. The van der Waals surface area contributed by atoms with E-state index in [-0.39, 0.29) is 14.5 Å². The van der Waals surface area contributed by atoms with Crippen molar-refractivity contribution < 1.29 is 44.2 Å². The zero-order valence-electron chi connectivity index (χ0n) is 10.7. The van der Waals surface area contributed by atoms with E-state index in [1.165, 1.54) is 0 Å². The third-order valence-electron chi connectivity index (χ3n) is 2.71. The molecule has 2 aliphatic rings. The third-order valence-corrected chi connectivity index (χ3v) is 6.11. The largest absolute Gasteiger partial charge is 0.784 e. The van der Waals surface area contributed by atoms with Crippen LogP contribution in [0.1, 0.15) is 6.42 Å². The molecule has 7 nitrogen and oxygen atoms in total. The molecule has 0 fully saturated rings. The molecule has 10 heteroatoms. The van der Waals surface area contributed by atoms with Crippen molar-refractivity contribution in [1.82, 2.24) is 0 Å². The van der Waals surface area contributed by atoms with Gasteiger partial charge in [0.25, 0.3) is 5.70 Å². The number of benzene rings is 1. The van der Waals surface area contributed by atoms with Gasteiger partial charge in [-0.25, -0.2) is 0 Å². The van der Waals surface area contributed by atoms with Crippen molar-refractivity contribution in [2.75, 3.05) is 0 Å². The molecule has 1 atom stereocenters. The minimum atomic E-state index is -3.11. The van der Waals surface area contributed by atoms with E-state index in [0.717, 1.165) is 15.1 Å². The van der Waals surface area contributed by atoms with Gasteiger partial charge in [-0.3, -0.25) is 14.3 Å². The van der Waals surface area contributed by atoms with Gasteiger partial charge < -0.3 is 13.8 Å². The predicted molar refractivity (Wildman–Crippen MR) is 72.0 cm³/mol. The van der Waals surface area contributed by atoms with Gasteiger partial charge in [-0.05, 0) is 18.2 Å². The molecule has 22 heavy (non-hydrogen) atoms. The third kappa shape index (κ3) is 4.49. The van der Waals surface area contributed by atoms with E-state index in [4.69, 9.17) is 29.7 Å². The zero-order valence-corrected chi connectivity index (χ0v) is 14.5. The molecular weight excluding hydrogens is 449 g/mol. The van der Waals surface area contributed by atoms with Crippen LogP contribution >= 0.6 is 11.6 Å². The minimum absolute atomic E-state index is 0.0592. The summed E-state index contributed by atoms with van der Waals surface area (Å²) in [6, 6.07) is 5.56. The van der Waals surface area contributed by atoms with Gasteiger partial charge in [0.05, 0.1) is 11.3 Å². The highest BCUT2D eigenvalue weighted by Crippen LogP contribution is 2.24. The van der Waals surface area contributed by atoms with Gasteiger partial charge in [-0.2, -0.15) is 0 Å². The quantitative estimate of drug-likeness (QED) is 0.172. The molecule has 0 aromatic heterocycles. The standard InChI is InChI=1S/C12H8ClINO3.H2O3S/c13-7-1-3-11-9(5-7)14-10-6-8(15(16)17)2-4-12(10)18-11;1-4(2)3/h1,3-6,10H,2H2;(H2,1,2,3)/q+1;/p-2. The summed E-state index contributed by atoms with van der Waals surface area (Å²) in [4.78, 5) is 10.5. The van der Waals surface area contributed by atoms with Crippen molar-refractivity contribution in [3.8, 4) is 5.75 Å². The fourth-order valence-corrected chi connectivity index (χ4v) is 5.33.